The van der Waals surface area contributed by atoms with Gasteiger partial charge in [0.2, 0.25) is 5.95 Å². The van der Waals surface area contributed by atoms with E-state index >= 15 is 4.39 Å². The Morgan fingerprint density at radius 1 is 1.27 bits per heavy atom. The molecular formula is C25H35F2N9O4. The largest absolute Gasteiger partial charge is 0.488 e. The lowest BCUT2D eigenvalue weighted by atomic mass is 9.84. The topological polar surface area (TPSA) is 150 Å². The molecule has 3 aliphatic rings. The number of piperidine rings is 1. The number of halogens is 2. The Kier molecular flexibility index (Phi) is 7.92. The van der Waals surface area contributed by atoms with Gasteiger partial charge >= 0.3 is 6.03 Å². The van der Waals surface area contributed by atoms with Gasteiger partial charge in [0.1, 0.15) is 24.1 Å². The molecular weight excluding hydrogens is 528 g/mol. The maximum absolute atomic E-state index is 15.2. The second kappa shape index (κ2) is 11.2. The molecule has 2 aromatic rings. The molecule has 13 nitrogen and oxygen atoms in total. The van der Waals surface area contributed by atoms with Crippen LogP contribution in [0, 0.1) is 11.6 Å². The minimum atomic E-state index is -1.21. The van der Waals surface area contributed by atoms with Gasteiger partial charge in [0.05, 0.1) is 18.5 Å². The molecule has 0 spiro atoms. The normalized spacial score (nSPS) is 23.3. The zero-order chi connectivity index (χ0) is 28.6. The molecule has 1 aromatic carbocycles. The van der Waals surface area contributed by atoms with Crippen molar-refractivity contribution < 1.29 is 28.5 Å². The number of nitrogens with zero attached hydrogens (tertiary/aromatic N) is 5. The molecule has 1 aromatic heterocycles. The molecule has 0 saturated carbocycles. The van der Waals surface area contributed by atoms with E-state index < -0.39 is 30.4 Å². The van der Waals surface area contributed by atoms with E-state index in [9.17, 15) is 14.3 Å². The van der Waals surface area contributed by atoms with E-state index in [-0.39, 0.29) is 47.1 Å². The summed E-state index contributed by atoms with van der Waals surface area (Å²) in [5.74, 6) is -1.50. The number of urea groups is 1. The van der Waals surface area contributed by atoms with Crippen molar-refractivity contribution in [2.24, 2.45) is 0 Å². The third-order valence-corrected chi connectivity index (χ3v) is 7.53. The van der Waals surface area contributed by atoms with E-state index in [0.29, 0.717) is 6.04 Å². The van der Waals surface area contributed by atoms with Gasteiger partial charge in [-0.25, -0.2) is 28.6 Å². The highest BCUT2D eigenvalue weighted by molar-refractivity contribution is 5.94. The van der Waals surface area contributed by atoms with Gasteiger partial charge in [-0.1, -0.05) is 0 Å². The second-order valence-electron chi connectivity index (χ2n) is 10.9. The molecule has 4 heterocycles. The number of nitrogens with one attached hydrogen (secondary N) is 4. The number of aliphatic hydroxyl groups is 2. The molecule has 1 unspecified atom stereocenters. The number of aromatic nitrogens is 2. The van der Waals surface area contributed by atoms with Crippen LogP contribution in [0.4, 0.5) is 36.7 Å². The molecule has 3 saturated heterocycles. The predicted octanol–water partition coefficient (Wildman–Crippen LogP) is 1.84. The minimum Gasteiger partial charge on any atom is -0.488 e. The summed E-state index contributed by atoms with van der Waals surface area (Å²) < 4.78 is 35.4. The molecule has 0 bridgehead atoms. The van der Waals surface area contributed by atoms with Gasteiger partial charge < -0.3 is 25.6 Å². The van der Waals surface area contributed by atoms with Gasteiger partial charge in [0, 0.05) is 30.7 Å². The fourth-order valence-electron chi connectivity index (χ4n) is 5.66. The average molecular weight is 564 g/mol. The standard InChI is InChI=1S/C25H35F2N9O4/c1-25(2)10-14(7-15-5-4-6-35(15)25)29-22-18(27)11-28-23(31-22)30-19-9-20(36-24(39)34(3)32-33-36)21(8-17(19)26)40-13-16(38)12-37/h8-9,11,14-16,32-33,37-38H,4-7,10,12-13H2,1-3H3,(H2,28,29,30,31)/t14-,15+,16?/m1/s1. The number of rotatable bonds is 9. The van der Waals surface area contributed by atoms with Gasteiger partial charge in [0.15, 0.2) is 17.5 Å². The van der Waals surface area contributed by atoms with Crippen LogP contribution in [0.5, 0.6) is 5.75 Å². The number of anilines is 4. The summed E-state index contributed by atoms with van der Waals surface area (Å²) in [7, 11) is 1.48. The molecule has 218 valence electrons. The summed E-state index contributed by atoms with van der Waals surface area (Å²) >= 11 is 0. The smallest absolute Gasteiger partial charge is 0.355 e. The third-order valence-electron chi connectivity index (χ3n) is 7.53. The lowest BCUT2D eigenvalue weighted by Crippen LogP contribution is -2.55. The zero-order valence-corrected chi connectivity index (χ0v) is 22.6. The Balaban J connectivity index is 1.38. The van der Waals surface area contributed by atoms with Crippen LogP contribution >= 0.6 is 0 Å². The van der Waals surface area contributed by atoms with E-state index in [1.807, 2.05) is 0 Å². The molecule has 6 N–H and O–H groups in total. The highest BCUT2D eigenvalue weighted by Gasteiger charge is 2.43. The van der Waals surface area contributed by atoms with Gasteiger partial charge in [-0.05, 0) is 52.1 Å². The SMILES string of the molecule is CN1NNN(c2cc(Nc3ncc(F)c(N[C@@H]4C[C@@H]5CCCN5C(C)(C)C4)n3)c(F)cc2OCC(O)CO)C1=O. The zero-order valence-electron chi connectivity index (χ0n) is 22.6. The summed E-state index contributed by atoms with van der Waals surface area (Å²) in [5, 5.41) is 27.0. The summed E-state index contributed by atoms with van der Waals surface area (Å²) in [4.78, 5) is 23.4. The maximum atomic E-state index is 15.2. The van der Waals surface area contributed by atoms with Crippen LogP contribution in [0.2, 0.25) is 0 Å². The van der Waals surface area contributed by atoms with E-state index in [0.717, 1.165) is 54.5 Å². The second-order valence-corrected chi connectivity index (χ2v) is 10.9. The number of hydrogen-bond donors (Lipinski definition) is 6. The van der Waals surface area contributed by atoms with E-state index in [1.54, 1.807) is 0 Å². The fourth-order valence-corrected chi connectivity index (χ4v) is 5.66. The molecule has 15 heteroatoms. The number of hydrogen-bond acceptors (Lipinski definition) is 11. The number of carbonyl (C=O) groups excluding carboxylic acids is 1. The van der Waals surface area contributed by atoms with Crippen LogP contribution in [-0.2, 0) is 0 Å². The Labute approximate surface area is 230 Å². The molecule has 40 heavy (non-hydrogen) atoms. The van der Waals surface area contributed by atoms with Crippen molar-refractivity contribution in [3.8, 4) is 5.75 Å². The van der Waals surface area contributed by atoms with Crippen molar-refractivity contribution >= 4 is 29.2 Å². The number of amides is 2. The third kappa shape index (κ3) is 5.74. The lowest BCUT2D eigenvalue weighted by Gasteiger charge is -2.47. The van der Waals surface area contributed by atoms with Crippen molar-refractivity contribution in [1.29, 1.82) is 0 Å². The van der Waals surface area contributed by atoms with Crippen LogP contribution < -0.4 is 31.4 Å². The Morgan fingerprint density at radius 2 is 2.08 bits per heavy atom. The van der Waals surface area contributed by atoms with Crippen LogP contribution in [0.15, 0.2) is 18.3 Å². The quantitative estimate of drug-likeness (QED) is 0.265. The number of aliphatic hydroxyl groups excluding tert-OH is 2. The van der Waals surface area contributed by atoms with Gasteiger partial charge in [-0.3, -0.25) is 4.90 Å². The summed E-state index contributed by atoms with van der Waals surface area (Å²) in [6.07, 6.45) is 3.77. The molecule has 0 radical (unpaired) electrons. The number of fused-ring (bicyclic) bond motifs is 1. The van der Waals surface area contributed by atoms with Crippen molar-refractivity contribution in [2.75, 3.05) is 42.4 Å². The number of hydrazine groups is 3. The fraction of sp³-hybridized carbons (Fsp3) is 0.560. The number of ether oxygens (including phenoxy) is 1. The summed E-state index contributed by atoms with van der Waals surface area (Å²) in [6.45, 7) is 4.58. The van der Waals surface area contributed by atoms with Crippen molar-refractivity contribution in [2.45, 2.75) is 63.3 Å². The Morgan fingerprint density at radius 3 is 2.80 bits per heavy atom. The van der Waals surface area contributed by atoms with Crippen molar-refractivity contribution in [3.63, 3.8) is 0 Å². The van der Waals surface area contributed by atoms with Crippen LogP contribution in [0.25, 0.3) is 0 Å². The molecule has 3 fully saturated rings. The highest BCUT2D eigenvalue weighted by Crippen LogP contribution is 2.39. The molecule has 0 aliphatic carbocycles. The van der Waals surface area contributed by atoms with Crippen molar-refractivity contribution in [1.82, 2.24) is 30.9 Å². The molecule has 5 rings (SSSR count). The Hall–Kier alpha value is -3.37. The first kappa shape index (κ1) is 28.2. The minimum absolute atomic E-state index is 0.0115. The van der Waals surface area contributed by atoms with E-state index in [2.05, 4.69) is 50.4 Å². The molecule has 2 amide bonds. The molecule has 3 aliphatic heterocycles. The van der Waals surface area contributed by atoms with Crippen LogP contribution in [0.1, 0.15) is 39.5 Å². The summed E-state index contributed by atoms with van der Waals surface area (Å²) in [6, 6.07) is 2.24. The maximum Gasteiger partial charge on any atom is 0.355 e. The van der Waals surface area contributed by atoms with Crippen molar-refractivity contribution in [3.05, 3.63) is 30.0 Å². The highest BCUT2D eigenvalue weighted by atomic mass is 19.1. The lowest BCUT2D eigenvalue weighted by molar-refractivity contribution is 0.0500. The monoisotopic (exact) mass is 563 g/mol. The predicted molar refractivity (Wildman–Crippen MR) is 143 cm³/mol. The summed E-state index contributed by atoms with van der Waals surface area (Å²) in [5.41, 5.74) is 5.20. The molecule has 3 atom stereocenters. The van der Waals surface area contributed by atoms with Gasteiger partial charge in [0.25, 0.3) is 0 Å². The van der Waals surface area contributed by atoms with Crippen LogP contribution in [0.3, 0.4) is 0 Å². The van der Waals surface area contributed by atoms with Gasteiger partial charge in [-0.2, -0.15) is 4.98 Å². The van der Waals surface area contributed by atoms with Gasteiger partial charge in [-0.15, -0.1) is 11.1 Å². The Bertz CT molecular complexity index is 1250. The van der Waals surface area contributed by atoms with Crippen LogP contribution in [-0.4, -0.2) is 86.7 Å². The van der Waals surface area contributed by atoms with E-state index in [4.69, 9.17) is 9.84 Å². The van der Waals surface area contributed by atoms with E-state index in [1.165, 1.54) is 13.1 Å². The first-order valence-electron chi connectivity index (χ1n) is 13.2. The first-order chi connectivity index (χ1) is 19.1. The number of carbonyl (C=O) groups is 1. The number of benzene rings is 1. The average Bonchev–Trinajstić information content (AvgIpc) is 3.52. The first-order valence-corrected chi connectivity index (χ1v) is 13.2.